The van der Waals surface area contributed by atoms with E-state index >= 15 is 0 Å². The van der Waals surface area contributed by atoms with E-state index in [1.54, 1.807) is 0 Å². The van der Waals surface area contributed by atoms with Crippen LogP contribution in [0, 0.1) is 13.8 Å². The maximum absolute atomic E-state index is 3.45. The quantitative estimate of drug-likeness (QED) is 0.775. The maximum atomic E-state index is 3.45. The van der Waals surface area contributed by atoms with E-state index in [1.165, 1.54) is 34.2 Å². The lowest BCUT2D eigenvalue weighted by Gasteiger charge is -2.08. The van der Waals surface area contributed by atoms with Gasteiger partial charge in [-0.15, -0.1) is 0 Å². The molecule has 0 bridgehead atoms. The van der Waals surface area contributed by atoms with Gasteiger partial charge in [0, 0.05) is 6.54 Å². The molecule has 1 heteroatoms. The van der Waals surface area contributed by atoms with Crippen molar-refractivity contribution >= 4 is 0 Å². The topological polar surface area (TPSA) is 12.0 Å². The Bertz CT molecular complexity index is 523. The zero-order valence-corrected chi connectivity index (χ0v) is 12.2. The Morgan fingerprint density at radius 2 is 1.63 bits per heavy atom. The average molecular weight is 253 g/mol. The first-order valence-corrected chi connectivity index (χ1v) is 7.07. The Labute approximate surface area is 116 Å². The molecule has 0 saturated heterocycles. The molecule has 0 fully saturated rings. The zero-order chi connectivity index (χ0) is 13.7. The summed E-state index contributed by atoms with van der Waals surface area (Å²) in [6, 6.07) is 15.5. The van der Waals surface area contributed by atoms with Crippen molar-refractivity contribution in [3.05, 3.63) is 59.2 Å². The molecule has 0 heterocycles. The Hall–Kier alpha value is -1.60. The largest absolute Gasteiger partial charge is 0.313 e. The summed E-state index contributed by atoms with van der Waals surface area (Å²) in [6.45, 7) is 8.53. The third-order valence-corrected chi connectivity index (χ3v) is 3.24. The van der Waals surface area contributed by atoms with Crippen molar-refractivity contribution in [3.63, 3.8) is 0 Å². The predicted octanol–water partition coefficient (Wildman–Crippen LogP) is 4.47. The van der Waals surface area contributed by atoms with Crippen molar-refractivity contribution in [2.45, 2.75) is 33.7 Å². The molecule has 2 aromatic carbocycles. The van der Waals surface area contributed by atoms with Gasteiger partial charge in [0.15, 0.2) is 0 Å². The summed E-state index contributed by atoms with van der Waals surface area (Å²) in [5.41, 5.74) is 6.62. The molecule has 19 heavy (non-hydrogen) atoms. The van der Waals surface area contributed by atoms with Gasteiger partial charge in [0.1, 0.15) is 0 Å². The molecule has 0 amide bonds. The highest BCUT2D eigenvalue weighted by Crippen LogP contribution is 2.23. The second-order valence-corrected chi connectivity index (χ2v) is 5.25. The van der Waals surface area contributed by atoms with Gasteiger partial charge in [-0.2, -0.15) is 0 Å². The number of aryl methyl sites for hydroxylation is 2. The molecule has 0 saturated carbocycles. The minimum Gasteiger partial charge on any atom is -0.313 e. The average Bonchev–Trinajstić information content (AvgIpc) is 2.38. The van der Waals surface area contributed by atoms with E-state index in [-0.39, 0.29) is 0 Å². The van der Waals surface area contributed by atoms with Crippen LogP contribution in [-0.2, 0) is 6.54 Å². The van der Waals surface area contributed by atoms with Crippen LogP contribution >= 0.6 is 0 Å². The highest BCUT2D eigenvalue weighted by Gasteiger charge is 2.01. The maximum Gasteiger partial charge on any atom is 0.0205 e. The molecular formula is C18H23N. The summed E-state index contributed by atoms with van der Waals surface area (Å²) in [6.07, 6.45) is 1.18. The van der Waals surface area contributed by atoms with Crippen molar-refractivity contribution in [3.8, 4) is 11.1 Å². The summed E-state index contributed by atoms with van der Waals surface area (Å²) < 4.78 is 0. The first-order valence-electron chi connectivity index (χ1n) is 7.07. The van der Waals surface area contributed by atoms with Crippen molar-refractivity contribution in [1.82, 2.24) is 5.32 Å². The van der Waals surface area contributed by atoms with Gasteiger partial charge in [0.25, 0.3) is 0 Å². The molecule has 0 aliphatic carbocycles. The van der Waals surface area contributed by atoms with Gasteiger partial charge in [-0.25, -0.2) is 0 Å². The van der Waals surface area contributed by atoms with Crippen LogP contribution in [0.25, 0.3) is 11.1 Å². The third kappa shape index (κ3) is 3.93. The Morgan fingerprint density at radius 1 is 0.895 bits per heavy atom. The summed E-state index contributed by atoms with van der Waals surface area (Å²) in [5.74, 6) is 0. The molecule has 0 atom stereocenters. The van der Waals surface area contributed by atoms with E-state index < -0.39 is 0 Å². The molecule has 1 nitrogen and oxygen atoms in total. The monoisotopic (exact) mass is 253 g/mol. The molecule has 0 unspecified atom stereocenters. The lowest BCUT2D eigenvalue weighted by Crippen LogP contribution is -2.13. The second kappa shape index (κ2) is 6.53. The highest BCUT2D eigenvalue weighted by atomic mass is 14.8. The normalized spacial score (nSPS) is 10.7. The summed E-state index contributed by atoms with van der Waals surface area (Å²) in [5, 5.41) is 3.45. The predicted molar refractivity (Wildman–Crippen MR) is 83.3 cm³/mol. The number of rotatable bonds is 5. The number of hydrogen-bond acceptors (Lipinski definition) is 1. The van der Waals surface area contributed by atoms with Crippen LogP contribution in [0.2, 0.25) is 0 Å². The van der Waals surface area contributed by atoms with Gasteiger partial charge in [-0.1, -0.05) is 54.4 Å². The van der Waals surface area contributed by atoms with E-state index in [1.807, 2.05) is 0 Å². The number of benzene rings is 2. The minimum absolute atomic E-state index is 0.951. The van der Waals surface area contributed by atoms with E-state index in [9.17, 15) is 0 Å². The van der Waals surface area contributed by atoms with Gasteiger partial charge < -0.3 is 5.32 Å². The van der Waals surface area contributed by atoms with Crippen LogP contribution in [0.5, 0.6) is 0 Å². The van der Waals surface area contributed by atoms with Crippen LogP contribution in [0.1, 0.15) is 30.0 Å². The van der Waals surface area contributed by atoms with Gasteiger partial charge >= 0.3 is 0 Å². The number of hydrogen-bond donors (Lipinski definition) is 1. The Morgan fingerprint density at radius 3 is 2.32 bits per heavy atom. The molecule has 0 aliphatic heterocycles. The molecule has 2 aromatic rings. The van der Waals surface area contributed by atoms with Crippen molar-refractivity contribution in [2.75, 3.05) is 6.54 Å². The molecule has 0 aliphatic rings. The van der Waals surface area contributed by atoms with E-state index in [4.69, 9.17) is 0 Å². The molecule has 0 radical (unpaired) electrons. The van der Waals surface area contributed by atoms with Crippen molar-refractivity contribution < 1.29 is 0 Å². The zero-order valence-electron chi connectivity index (χ0n) is 12.2. The Kier molecular flexibility index (Phi) is 4.75. The number of nitrogens with one attached hydrogen (secondary N) is 1. The summed E-state index contributed by atoms with van der Waals surface area (Å²) in [4.78, 5) is 0. The molecule has 0 spiro atoms. The smallest absolute Gasteiger partial charge is 0.0205 e. The summed E-state index contributed by atoms with van der Waals surface area (Å²) >= 11 is 0. The van der Waals surface area contributed by atoms with Gasteiger partial charge in [-0.3, -0.25) is 0 Å². The van der Waals surface area contributed by atoms with E-state index in [0.29, 0.717) is 0 Å². The van der Waals surface area contributed by atoms with Crippen LogP contribution in [0.15, 0.2) is 42.5 Å². The SMILES string of the molecule is CCCNCc1cccc(-c2cc(C)cc(C)c2)c1. The van der Waals surface area contributed by atoms with Gasteiger partial charge in [-0.05, 0) is 49.6 Å². The standard InChI is InChI=1S/C18H23N/c1-4-8-19-13-16-6-5-7-17(12-16)18-10-14(2)9-15(3)11-18/h5-7,9-12,19H,4,8,13H2,1-3H3. The van der Waals surface area contributed by atoms with Crippen molar-refractivity contribution in [2.24, 2.45) is 0 Å². The Balaban J connectivity index is 2.22. The molecule has 0 aromatic heterocycles. The molecule has 2 rings (SSSR count). The fraction of sp³-hybridized carbons (Fsp3) is 0.333. The molecule has 100 valence electrons. The fourth-order valence-corrected chi connectivity index (χ4v) is 2.41. The fourth-order valence-electron chi connectivity index (χ4n) is 2.41. The van der Waals surface area contributed by atoms with E-state index in [2.05, 4.69) is 68.6 Å². The minimum atomic E-state index is 0.951. The van der Waals surface area contributed by atoms with Crippen molar-refractivity contribution in [1.29, 1.82) is 0 Å². The van der Waals surface area contributed by atoms with Crippen LogP contribution in [0.4, 0.5) is 0 Å². The highest BCUT2D eigenvalue weighted by molar-refractivity contribution is 5.65. The van der Waals surface area contributed by atoms with Gasteiger partial charge in [0.05, 0.1) is 0 Å². The summed E-state index contributed by atoms with van der Waals surface area (Å²) in [7, 11) is 0. The van der Waals surface area contributed by atoms with E-state index in [0.717, 1.165) is 13.1 Å². The van der Waals surface area contributed by atoms with Crippen LogP contribution in [0.3, 0.4) is 0 Å². The van der Waals surface area contributed by atoms with Gasteiger partial charge in [0.2, 0.25) is 0 Å². The first-order chi connectivity index (χ1) is 9.19. The third-order valence-electron chi connectivity index (χ3n) is 3.24. The first kappa shape index (κ1) is 13.8. The van der Waals surface area contributed by atoms with Crippen LogP contribution in [-0.4, -0.2) is 6.54 Å². The lowest BCUT2D eigenvalue weighted by atomic mass is 9.99. The second-order valence-electron chi connectivity index (χ2n) is 5.25. The lowest BCUT2D eigenvalue weighted by molar-refractivity contribution is 0.675. The molecular weight excluding hydrogens is 230 g/mol. The van der Waals surface area contributed by atoms with Crippen LogP contribution < -0.4 is 5.32 Å². The molecule has 1 N–H and O–H groups in total.